The van der Waals surface area contributed by atoms with Crippen molar-refractivity contribution < 1.29 is 19.4 Å². The van der Waals surface area contributed by atoms with Gasteiger partial charge >= 0.3 is 12.1 Å². The van der Waals surface area contributed by atoms with Gasteiger partial charge in [0.05, 0.1) is 0 Å². The van der Waals surface area contributed by atoms with Crippen molar-refractivity contribution in [2.45, 2.75) is 45.8 Å². The lowest BCUT2D eigenvalue weighted by Crippen LogP contribution is -2.44. The van der Waals surface area contributed by atoms with Gasteiger partial charge in [0.1, 0.15) is 11.6 Å². The van der Waals surface area contributed by atoms with Crippen LogP contribution in [0.25, 0.3) is 10.9 Å². The summed E-state index contributed by atoms with van der Waals surface area (Å²) in [6.07, 6.45) is 1.22. The summed E-state index contributed by atoms with van der Waals surface area (Å²) < 4.78 is 5.12. The molecule has 1 unspecified atom stereocenters. The van der Waals surface area contributed by atoms with E-state index in [1.165, 1.54) is 0 Å². The van der Waals surface area contributed by atoms with Gasteiger partial charge < -0.3 is 20.1 Å². The summed E-state index contributed by atoms with van der Waals surface area (Å²) in [6.45, 7) is 7.16. The second kappa shape index (κ2) is 6.32. The molecule has 1 atom stereocenters. The molecule has 6 heteroatoms. The second-order valence-corrected chi connectivity index (χ2v) is 6.60. The van der Waals surface area contributed by atoms with E-state index in [0.717, 1.165) is 22.0 Å². The van der Waals surface area contributed by atoms with E-state index in [-0.39, 0.29) is 6.42 Å². The van der Waals surface area contributed by atoms with Crippen molar-refractivity contribution >= 4 is 23.0 Å². The first-order chi connectivity index (χ1) is 10.7. The van der Waals surface area contributed by atoms with Crippen LogP contribution in [0.5, 0.6) is 0 Å². The van der Waals surface area contributed by atoms with Gasteiger partial charge in [0.2, 0.25) is 0 Å². The monoisotopic (exact) mass is 318 g/mol. The number of rotatable bonds is 4. The lowest BCUT2D eigenvalue weighted by molar-refractivity contribution is -0.139. The highest BCUT2D eigenvalue weighted by atomic mass is 16.6. The molecule has 2 rings (SSSR count). The Morgan fingerprint density at radius 2 is 2.04 bits per heavy atom. The lowest BCUT2D eigenvalue weighted by Gasteiger charge is -2.22. The zero-order valence-corrected chi connectivity index (χ0v) is 13.8. The topological polar surface area (TPSA) is 91.4 Å². The van der Waals surface area contributed by atoms with Crippen LogP contribution in [0.15, 0.2) is 24.4 Å². The molecule has 1 amide bonds. The van der Waals surface area contributed by atoms with Crippen LogP contribution in [-0.4, -0.2) is 33.8 Å². The van der Waals surface area contributed by atoms with Gasteiger partial charge in [-0.15, -0.1) is 0 Å². The first kappa shape index (κ1) is 16.9. The van der Waals surface area contributed by atoms with Gasteiger partial charge in [0.25, 0.3) is 0 Å². The Morgan fingerprint density at radius 1 is 1.35 bits per heavy atom. The number of carbonyl (C=O) groups is 2. The van der Waals surface area contributed by atoms with Gasteiger partial charge in [-0.1, -0.05) is 11.6 Å². The van der Waals surface area contributed by atoms with Crippen molar-refractivity contribution in [3.8, 4) is 0 Å². The number of aliphatic carboxylic acids is 1. The molecule has 0 bridgehead atoms. The number of carboxylic acid groups (broad SMARTS) is 1. The van der Waals surface area contributed by atoms with Crippen molar-refractivity contribution in [2.75, 3.05) is 0 Å². The van der Waals surface area contributed by atoms with E-state index in [2.05, 4.69) is 10.3 Å². The summed E-state index contributed by atoms with van der Waals surface area (Å²) in [5, 5.41) is 12.7. The standard InChI is InChI=1S/C17H22N2O4/c1-10-5-6-13-12(7-10)11(9-18-13)8-14(15(20)21)19-16(22)23-17(2,3)4/h5-7,9,14,18H,8H2,1-4H3,(H,19,22)(H,20,21). The molecule has 0 saturated heterocycles. The van der Waals surface area contributed by atoms with E-state index in [4.69, 9.17) is 4.74 Å². The molecular weight excluding hydrogens is 296 g/mol. The van der Waals surface area contributed by atoms with Crippen LogP contribution in [0.3, 0.4) is 0 Å². The number of H-pyrrole nitrogens is 1. The highest BCUT2D eigenvalue weighted by molar-refractivity contribution is 5.86. The number of aryl methyl sites for hydroxylation is 1. The van der Waals surface area contributed by atoms with Gasteiger partial charge in [0, 0.05) is 23.5 Å². The van der Waals surface area contributed by atoms with Crippen LogP contribution in [0.1, 0.15) is 31.9 Å². The normalized spacial score (nSPS) is 12.9. The molecule has 124 valence electrons. The Bertz CT molecular complexity index is 728. The highest BCUT2D eigenvalue weighted by Gasteiger charge is 2.25. The van der Waals surface area contributed by atoms with Crippen LogP contribution >= 0.6 is 0 Å². The molecule has 0 radical (unpaired) electrons. The van der Waals surface area contributed by atoms with E-state index < -0.39 is 23.7 Å². The Hall–Kier alpha value is -2.50. The third-order valence-corrected chi connectivity index (χ3v) is 3.34. The minimum atomic E-state index is -1.10. The number of carbonyl (C=O) groups excluding carboxylic acids is 1. The van der Waals surface area contributed by atoms with E-state index >= 15 is 0 Å². The summed E-state index contributed by atoms with van der Waals surface area (Å²) in [4.78, 5) is 26.4. The van der Waals surface area contributed by atoms with Gasteiger partial charge in [-0.25, -0.2) is 9.59 Å². The van der Waals surface area contributed by atoms with Gasteiger partial charge in [-0.3, -0.25) is 0 Å². The number of hydrogen-bond donors (Lipinski definition) is 3. The van der Waals surface area contributed by atoms with Crippen molar-refractivity contribution in [3.05, 3.63) is 35.5 Å². The van der Waals surface area contributed by atoms with Crippen LogP contribution in [0.4, 0.5) is 4.79 Å². The number of aromatic nitrogens is 1. The minimum absolute atomic E-state index is 0.179. The Morgan fingerprint density at radius 3 is 2.65 bits per heavy atom. The molecule has 0 saturated carbocycles. The Kier molecular flexibility index (Phi) is 4.63. The van der Waals surface area contributed by atoms with E-state index in [1.54, 1.807) is 27.0 Å². The summed E-state index contributed by atoms with van der Waals surface area (Å²) in [5.74, 6) is -1.10. The molecular formula is C17H22N2O4. The summed E-state index contributed by atoms with van der Waals surface area (Å²) in [6, 6.07) is 4.87. The fraction of sp³-hybridized carbons (Fsp3) is 0.412. The fourth-order valence-corrected chi connectivity index (χ4v) is 2.33. The predicted octanol–water partition coefficient (Wildman–Crippen LogP) is 3.00. The average Bonchev–Trinajstić information content (AvgIpc) is 2.78. The van der Waals surface area contributed by atoms with Crippen LogP contribution in [0, 0.1) is 6.92 Å². The first-order valence-corrected chi connectivity index (χ1v) is 7.44. The average molecular weight is 318 g/mol. The Balaban J connectivity index is 2.17. The summed E-state index contributed by atoms with van der Waals surface area (Å²) in [7, 11) is 0. The van der Waals surface area contributed by atoms with E-state index in [9.17, 15) is 14.7 Å². The number of ether oxygens (including phenoxy) is 1. The number of aromatic amines is 1. The summed E-state index contributed by atoms with van der Waals surface area (Å²) >= 11 is 0. The number of hydrogen-bond acceptors (Lipinski definition) is 3. The summed E-state index contributed by atoms with van der Waals surface area (Å²) in [5.41, 5.74) is 2.19. The zero-order valence-electron chi connectivity index (χ0n) is 13.8. The molecule has 2 aromatic rings. The lowest BCUT2D eigenvalue weighted by atomic mass is 10.0. The van der Waals surface area contributed by atoms with Crippen molar-refractivity contribution in [1.82, 2.24) is 10.3 Å². The molecule has 0 aliphatic heterocycles. The highest BCUT2D eigenvalue weighted by Crippen LogP contribution is 2.21. The van der Waals surface area contributed by atoms with Gasteiger partial charge in [-0.2, -0.15) is 0 Å². The van der Waals surface area contributed by atoms with Gasteiger partial charge in [0.15, 0.2) is 0 Å². The first-order valence-electron chi connectivity index (χ1n) is 7.44. The maximum Gasteiger partial charge on any atom is 0.408 e. The van der Waals surface area contributed by atoms with Crippen LogP contribution in [0.2, 0.25) is 0 Å². The van der Waals surface area contributed by atoms with E-state index in [0.29, 0.717) is 0 Å². The molecule has 0 aliphatic rings. The third-order valence-electron chi connectivity index (χ3n) is 3.34. The smallest absolute Gasteiger partial charge is 0.408 e. The fourth-order valence-electron chi connectivity index (χ4n) is 2.33. The number of fused-ring (bicyclic) bond motifs is 1. The van der Waals surface area contributed by atoms with Gasteiger partial charge in [-0.05, 0) is 45.4 Å². The maximum atomic E-state index is 11.8. The number of benzene rings is 1. The van der Waals surface area contributed by atoms with Crippen LogP contribution in [-0.2, 0) is 16.0 Å². The maximum absolute atomic E-state index is 11.8. The Labute approximate surface area is 134 Å². The van der Waals surface area contributed by atoms with Crippen LogP contribution < -0.4 is 5.32 Å². The minimum Gasteiger partial charge on any atom is -0.480 e. The molecule has 1 heterocycles. The number of carboxylic acids is 1. The van der Waals surface area contributed by atoms with E-state index in [1.807, 2.05) is 25.1 Å². The number of amides is 1. The van der Waals surface area contributed by atoms with Crippen molar-refractivity contribution in [1.29, 1.82) is 0 Å². The van der Waals surface area contributed by atoms with Crippen molar-refractivity contribution in [3.63, 3.8) is 0 Å². The molecule has 1 aromatic heterocycles. The molecule has 1 aromatic carbocycles. The van der Waals surface area contributed by atoms with Crippen molar-refractivity contribution in [2.24, 2.45) is 0 Å². The quantitative estimate of drug-likeness (QED) is 0.808. The SMILES string of the molecule is Cc1ccc2[nH]cc(CC(NC(=O)OC(C)(C)C)C(=O)O)c2c1. The molecule has 6 nitrogen and oxygen atoms in total. The third kappa shape index (κ3) is 4.48. The predicted molar refractivity (Wildman–Crippen MR) is 87.5 cm³/mol. The molecule has 0 aliphatic carbocycles. The second-order valence-electron chi connectivity index (χ2n) is 6.60. The largest absolute Gasteiger partial charge is 0.480 e. The number of alkyl carbamates (subject to hydrolysis) is 1. The zero-order chi connectivity index (χ0) is 17.2. The number of nitrogens with one attached hydrogen (secondary N) is 2. The molecule has 23 heavy (non-hydrogen) atoms. The molecule has 0 spiro atoms. The molecule has 3 N–H and O–H groups in total. The molecule has 0 fully saturated rings.